The SMILES string of the molecule is CCc1cc2c(cc1C(F)(F)F)N(CCNC(=O)OC(C)(C)C)CCC[C@@H]2N(Cc1cc(C(F)(F)F)cc(C(F)(F)F)c1)c1nnn(C)n1. The van der Waals surface area contributed by atoms with Crippen LogP contribution >= 0.6 is 0 Å². The van der Waals surface area contributed by atoms with Crippen molar-refractivity contribution in [1.82, 2.24) is 25.5 Å². The Balaban J connectivity index is 1.84. The molecule has 0 saturated carbocycles. The Hall–Kier alpha value is -4.25. The maximum atomic E-state index is 14.3. The van der Waals surface area contributed by atoms with E-state index in [9.17, 15) is 44.3 Å². The van der Waals surface area contributed by atoms with Crippen molar-refractivity contribution in [2.24, 2.45) is 7.05 Å². The number of anilines is 2. The molecule has 1 atom stereocenters. The molecule has 18 heteroatoms. The van der Waals surface area contributed by atoms with Gasteiger partial charge in [0.2, 0.25) is 0 Å². The van der Waals surface area contributed by atoms with Crippen LogP contribution in [0.4, 0.5) is 55.9 Å². The lowest BCUT2D eigenvalue weighted by atomic mass is 9.93. The highest BCUT2D eigenvalue weighted by Crippen LogP contribution is 2.44. The molecule has 0 radical (unpaired) electrons. The molecule has 0 fully saturated rings. The summed E-state index contributed by atoms with van der Waals surface area (Å²) in [5.74, 6) is -0.151. The van der Waals surface area contributed by atoms with E-state index in [1.165, 1.54) is 24.9 Å². The van der Waals surface area contributed by atoms with Crippen LogP contribution in [0.3, 0.4) is 0 Å². The summed E-state index contributed by atoms with van der Waals surface area (Å²) in [5.41, 5.74) is -4.69. The van der Waals surface area contributed by atoms with Crippen LogP contribution in [0.2, 0.25) is 0 Å². The molecule has 0 aliphatic carbocycles. The number of nitrogens with one attached hydrogen (secondary N) is 1. The van der Waals surface area contributed by atoms with Crippen LogP contribution < -0.4 is 15.1 Å². The molecule has 0 bridgehead atoms. The van der Waals surface area contributed by atoms with Crippen LogP contribution in [0, 0.1) is 0 Å². The molecule has 0 saturated heterocycles. The second-order valence-electron chi connectivity index (χ2n) is 12.6. The van der Waals surface area contributed by atoms with Crippen molar-refractivity contribution in [2.75, 3.05) is 29.4 Å². The van der Waals surface area contributed by atoms with Gasteiger partial charge in [-0.1, -0.05) is 18.1 Å². The third-order valence-electron chi connectivity index (χ3n) is 7.73. The number of ether oxygens (including phenoxy) is 1. The number of nitrogens with zero attached hydrogens (tertiary/aromatic N) is 6. The molecular formula is C31H36F9N7O2. The number of aryl methyl sites for hydroxylation is 2. The predicted molar refractivity (Wildman–Crippen MR) is 161 cm³/mol. The number of carbonyl (C=O) groups excluding carboxylic acids is 1. The standard InChI is InChI=1S/C31H36F9N7O2/c1-6-19-14-22-24(8-7-10-46(25(22)16-23(19)31(38,39)40)11-9-41-27(48)49-28(2,3)4)47(26-42-44-45(5)43-26)17-18-12-20(29(32,33)34)15-21(13-18)30(35,36)37/h12-16,24H,6-11,17H2,1-5H3,(H,41,48)/t24-/m0/s1. The van der Waals surface area contributed by atoms with Gasteiger partial charge in [0.05, 0.1) is 29.8 Å². The van der Waals surface area contributed by atoms with Crippen molar-refractivity contribution < 1.29 is 49.0 Å². The number of fused-ring (bicyclic) bond motifs is 1. The van der Waals surface area contributed by atoms with E-state index in [4.69, 9.17) is 4.74 Å². The molecule has 270 valence electrons. The van der Waals surface area contributed by atoms with Crippen LogP contribution in [0.25, 0.3) is 0 Å². The zero-order valence-corrected chi connectivity index (χ0v) is 27.3. The van der Waals surface area contributed by atoms with Crippen molar-refractivity contribution in [1.29, 1.82) is 0 Å². The molecule has 2 heterocycles. The molecule has 0 unspecified atom stereocenters. The largest absolute Gasteiger partial charge is 0.444 e. The zero-order chi connectivity index (χ0) is 36.5. The third-order valence-corrected chi connectivity index (χ3v) is 7.73. The van der Waals surface area contributed by atoms with Gasteiger partial charge in [0.15, 0.2) is 0 Å². The molecule has 49 heavy (non-hydrogen) atoms. The van der Waals surface area contributed by atoms with Gasteiger partial charge in [0.25, 0.3) is 5.95 Å². The Morgan fingerprint density at radius 2 is 1.59 bits per heavy atom. The van der Waals surface area contributed by atoms with Gasteiger partial charge in [-0.25, -0.2) is 4.79 Å². The summed E-state index contributed by atoms with van der Waals surface area (Å²) in [5, 5.41) is 14.5. The molecule has 2 aromatic carbocycles. The van der Waals surface area contributed by atoms with E-state index >= 15 is 0 Å². The Kier molecular flexibility index (Phi) is 10.7. The molecule has 3 aromatic rings. The maximum absolute atomic E-state index is 14.3. The molecule has 1 N–H and O–H groups in total. The normalized spacial score (nSPS) is 15.9. The fraction of sp³-hybridized carbons (Fsp3) is 0.548. The number of alkyl halides is 9. The summed E-state index contributed by atoms with van der Waals surface area (Å²) in [6.45, 7) is 6.25. The Morgan fingerprint density at radius 1 is 0.959 bits per heavy atom. The maximum Gasteiger partial charge on any atom is 0.416 e. The van der Waals surface area contributed by atoms with Gasteiger partial charge in [-0.05, 0) is 86.2 Å². The molecule has 4 rings (SSSR count). The first-order valence-electron chi connectivity index (χ1n) is 15.3. The van der Waals surface area contributed by atoms with E-state index in [0.717, 1.165) is 10.9 Å². The molecule has 0 spiro atoms. The molecule has 1 aliphatic heterocycles. The molecule has 1 aromatic heterocycles. The number of amides is 1. The zero-order valence-electron chi connectivity index (χ0n) is 27.3. The van der Waals surface area contributed by atoms with Crippen LogP contribution in [-0.2, 0) is 43.3 Å². The minimum absolute atomic E-state index is 0.00418. The van der Waals surface area contributed by atoms with Gasteiger partial charge in [0.1, 0.15) is 5.60 Å². The van der Waals surface area contributed by atoms with E-state index in [-0.39, 0.29) is 61.3 Å². The highest BCUT2D eigenvalue weighted by atomic mass is 19.4. The van der Waals surface area contributed by atoms with Crippen molar-refractivity contribution in [3.8, 4) is 0 Å². The number of benzene rings is 2. The van der Waals surface area contributed by atoms with Crippen molar-refractivity contribution in [3.63, 3.8) is 0 Å². The number of carbonyl (C=O) groups is 1. The Morgan fingerprint density at radius 3 is 2.10 bits per heavy atom. The lowest BCUT2D eigenvalue weighted by Gasteiger charge is -2.33. The van der Waals surface area contributed by atoms with Crippen molar-refractivity contribution in [2.45, 2.75) is 83.7 Å². The number of hydrogen-bond donors (Lipinski definition) is 1. The van der Waals surface area contributed by atoms with Crippen molar-refractivity contribution in [3.05, 3.63) is 63.7 Å². The fourth-order valence-electron chi connectivity index (χ4n) is 5.68. The topological polar surface area (TPSA) is 88.4 Å². The van der Waals surface area contributed by atoms with Crippen LogP contribution in [0.15, 0.2) is 30.3 Å². The average molecular weight is 710 g/mol. The van der Waals surface area contributed by atoms with E-state index in [1.54, 1.807) is 25.7 Å². The number of halogens is 9. The fourth-order valence-corrected chi connectivity index (χ4v) is 5.68. The first-order chi connectivity index (χ1) is 22.6. The second kappa shape index (κ2) is 13.9. The van der Waals surface area contributed by atoms with Crippen molar-refractivity contribution >= 4 is 17.7 Å². The predicted octanol–water partition coefficient (Wildman–Crippen LogP) is 7.70. The second-order valence-corrected chi connectivity index (χ2v) is 12.6. The minimum atomic E-state index is -5.10. The highest BCUT2D eigenvalue weighted by Gasteiger charge is 2.39. The first-order valence-corrected chi connectivity index (χ1v) is 15.3. The van der Waals surface area contributed by atoms with E-state index < -0.39 is 59.5 Å². The monoisotopic (exact) mass is 709 g/mol. The summed E-state index contributed by atoms with van der Waals surface area (Å²) in [4.78, 5) is 16.3. The Labute approximate surface area is 276 Å². The van der Waals surface area contributed by atoms with E-state index in [0.29, 0.717) is 24.1 Å². The third kappa shape index (κ3) is 9.47. The number of rotatable bonds is 8. The molecule has 1 amide bonds. The van der Waals surface area contributed by atoms with Gasteiger partial charge in [0, 0.05) is 31.9 Å². The van der Waals surface area contributed by atoms with E-state index in [1.807, 2.05) is 0 Å². The minimum Gasteiger partial charge on any atom is -0.444 e. The van der Waals surface area contributed by atoms with Gasteiger partial charge >= 0.3 is 24.6 Å². The van der Waals surface area contributed by atoms with Gasteiger partial charge in [-0.2, -0.15) is 44.3 Å². The van der Waals surface area contributed by atoms with Gasteiger partial charge in [-0.3, -0.25) is 0 Å². The summed E-state index contributed by atoms with van der Waals surface area (Å²) in [6, 6.07) is 2.65. The molecular weight excluding hydrogens is 673 g/mol. The summed E-state index contributed by atoms with van der Waals surface area (Å²) in [7, 11) is 1.41. The number of alkyl carbamates (subject to hydrolysis) is 1. The van der Waals surface area contributed by atoms with Crippen LogP contribution in [-0.4, -0.2) is 51.5 Å². The summed E-state index contributed by atoms with van der Waals surface area (Å²) >= 11 is 0. The Bertz CT molecular complexity index is 1600. The lowest BCUT2D eigenvalue weighted by Crippen LogP contribution is -2.38. The smallest absolute Gasteiger partial charge is 0.416 e. The summed E-state index contributed by atoms with van der Waals surface area (Å²) in [6.07, 6.45) is -15.1. The van der Waals surface area contributed by atoms with Gasteiger partial charge < -0.3 is 19.9 Å². The van der Waals surface area contributed by atoms with E-state index in [2.05, 4.69) is 20.7 Å². The number of hydrogen-bond acceptors (Lipinski definition) is 7. The quantitative estimate of drug-likeness (QED) is 0.240. The first kappa shape index (κ1) is 37.6. The van der Waals surface area contributed by atoms with Crippen LogP contribution in [0.5, 0.6) is 0 Å². The lowest BCUT2D eigenvalue weighted by molar-refractivity contribution is -0.143. The number of aromatic nitrogens is 4. The summed E-state index contributed by atoms with van der Waals surface area (Å²) < 4.78 is 131. The average Bonchev–Trinajstić information content (AvgIpc) is 3.32. The number of tetrazole rings is 1. The van der Waals surface area contributed by atoms with Crippen LogP contribution in [0.1, 0.15) is 80.0 Å². The highest BCUT2D eigenvalue weighted by molar-refractivity contribution is 5.68. The van der Waals surface area contributed by atoms with Gasteiger partial charge in [-0.15, -0.1) is 5.10 Å². The molecule has 9 nitrogen and oxygen atoms in total. The molecule has 1 aliphatic rings.